The second-order valence-electron chi connectivity index (χ2n) is 14.7. The van der Waals surface area contributed by atoms with Crippen molar-refractivity contribution in [3.8, 4) is 0 Å². The number of benzene rings is 1. The molecule has 4 rings (SSSR count). The Morgan fingerprint density at radius 2 is 1.88 bits per heavy atom. The fraction of sp³-hybridized carbons (Fsp3) is 0.545. The Kier molecular flexibility index (Phi) is 12.5. The molecule has 0 fully saturated rings. The maximum absolute atomic E-state index is 11.7. The van der Waals surface area contributed by atoms with Gasteiger partial charge in [-0.3, -0.25) is 4.57 Å². The van der Waals surface area contributed by atoms with Crippen molar-refractivity contribution in [2.75, 3.05) is 31.8 Å². The summed E-state index contributed by atoms with van der Waals surface area (Å²) in [5.74, 6) is -0.0152. The van der Waals surface area contributed by atoms with Crippen molar-refractivity contribution in [1.29, 1.82) is 0 Å². The van der Waals surface area contributed by atoms with Crippen LogP contribution >= 0.6 is 22.7 Å². The van der Waals surface area contributed by atoms with E-state index in [-0.39, 0.29) is 16.8 Å². The molecule has 0 bridgehead atoms. The van der Waals surface area contributed by atoms with Gasteiger partial charge in [0.2, 0.25) is 0 Å². The zero-order valence-corrected chi connectivity index (χ0v) is 33.5. The summed E-state index contributed by atoms with van der Waals surface area (Å²) < 4.78 is 21.6. The first kappa shape index (κ1) is 38.0. The Morgan fingerprint density at radius 3 is 2.50 bits per heavy atom. The van der Waals surface area contributed by atoms with E-state index in [2.05, 4.69) is 85.4 Å². The number of ether oxygens (including phenoxy) is 2. The molecule has 1 atom stereocenters. The van der Waals surface area contributed by atoms with Crippen LogP contribution in [0.5, 0.6) is 0 Å². The smallest absolute Gasteiger partial charge is 0.355 e. The lowest BCUT2D eigenvalue weighted by molar-refractivity contribution is 0.0677. The molecule has 15 heteroatoms. The molecule has 0 aliphatic carbocycles. The van der Waals surface area contributed by atoms with Crippen LogP contribution in [-0.2, 0) is 20.6 Å². The highest BCUT2D eigenvalue weighted by molar-refractivity contribution is 7.16. The number of aromatic nitrogens is 4. The summed E-state index contributed by atoms with van der Waals surface area (Å²) in [5.41, 5.74) is 1.88. The quantitative estimate of drug-likeness (QED) is 0.0901. The summed E-state index contributed by atoms with van der Waals surface area (Å²) in [4.78, 5) is 23.8. The highest BCUT2D eigenvalue weighted by atomic mass is 32.1. The van der Waals surface area contributed by atoms with Crippen LogP contribution in [0.1, 0.15) is 43.2 Å². The molecule has 262 valence electrons. The minimum atomic E-state index is -2.07. The zero-order valence-electron chi connectivity index (χ0n) is 29.9. The van der Waals surface area contributed by atoms with Crippen molar-refractivity contribution in [3.05, 3.63) is 51.8 Å². The molecule has 1 unspecified atom stereocenters. The third-order valence-electron chi connectivity index (χ3n) is 8.47. The Labute approximate surface area is 293 Å². The van der Waals surface area contributed by atoms with E-state index in [1.807, 2.05) is 30.0 Å². The molecule has 4 aromatic rings. The van der Waals surface area contributed by atoms with E-state index < -0.39 is 22.4 Å². The average molecular weight is 731 g/mol. The number of methoxy groups -OCH3 is 1. The number of carboxylic acid groups (broad SMARTS) is 1. The first-order valence-corrected chi connectivity index (χ1v) is 24.5. The number of aryl methyl sites for hydroxylation is 1. The molecule has 0 aliphatic heterocycles. The van der Waals surface area contributed by atoms with E-state index in [9.17, 15) is 9.90 Å². The van der Waals surface area contributed by atoms with Gasteiger partial charge in [0.05, 0.1) is 22.9 Å². The van der Waals surface area contributed by atoms with Gasteiger partial charge in [-0.1, -0.05) is 63.9 Å². The summed E-state index contributed by atoms with van der Waals surface area (Å²) in [6.45, 7) is 22.1. The van der Waals surface area contributed by atoms with E-state index in [4.69, 9.17) is 18.9 Å². The zero-order chi connectivity index (χ0) is 35.3. The van der Waals surface area contributed by atoms with Crippen LogP contribution < -0.4 is 9.70 Å². The van der Waals surface area contributed by atoms with Gasteiger partial charge in [0.1, 0.15) is 6.73 Å². The molecule has 1 aromatic carbocycles. The molecule has 0 aliphatic rings. The first-order chi connectivity index (χ1) is 22.5. The second kappa shape index (κ2) is 15.8. The van der Waals surface area contributed by atoms with Crippen LogP contribution in [0.2, 0.25) is 43.8 Å². The van der Waals surface area contributed by atoms with Crippen molar-refractivity contribution >= 4 is 72.0 Å². The second-order valence-corrected chi connectivity index (χ2v) is 26.9. The molecule has 0 spiro atoms. The summed E-state index contributed by atoms with van der Waals surface area (Å²) in [7, 11) is -1.61. The van der Waals surface area contributed by atoms with Gasteiger partial charge >= 0.3 is 5.97 Å². The molecule has 0 saturated heterocycles. The standard InChI is InChI=1S/C33H50N6O5S2Si2/c1-23-19-28(36-37-29(23)35-32-39(22-43-17-18-47(6,7)8)26-13-11-12-14-27(26)46-32)38(31-34-25(21-45-31)30(40)41)16-15-24(20-42-5)44-48(9,10)33(2,3)4/h11-14,19,21,24H,15-18,20,22H2,1-10H3,(H,40,41). The van der Waals surface area contributed by atoms with E-state index in [0.29, 0.717) is 49.7 Å². The van der Waals surface area contributed by atoms with Gasteiger partial charge in [-0.05, 0) is 61.3 Å². The van der Waals surface area contributed by atoms with Crippen molar-refractivity contribution in [3.63, 3.8) is 0 Å². The van der Waals surface area contributed by atoms with E-state index >= 15 is 0 Å². The van der Waals surface area contributed by atoms with Crippen LogP contribution in [0, 0.1) is 6.92 Å². The van der Waals surface area contributed by atoms with Gasteiger partial charge in [-0.25, -0.2) is 9.78 Å². The molecule has 3 heterocycles. The number of rotatable bonds is 16. The molecular weight excluding hydrogens is 681 g/mol. The molecule has 0 radical (unpaired) electrons. The minimum absolute atomic E-state index is 0.0105. The molecule has 0 saturated carbocycles. The van der Waals surface area contributed by atoms with E-state index in [1.54, 1.807) is 23.8 Å². The number of hydrogen-bond acceptors (Lipinski definition) is 11. The average Bonchev–Trinajstić information content (AvgIpc) is 3.61. The van der Waals surface area contributed by atoms with Crippen molar-refractivity contribution < 1.29 is 23.8 Å². The lowest BCUT2D eigenvalue weighted by Crippen LogP contribution is -2.45. The number of carbonyl (C=O) groups is 1. The van der Waals surface area contributed by atoms with Gasteiger partial charge in [0, 0.05) is 33.7 Å². The predicted octanol–water partition coefficient (Wildman–Crippen LogP) is 8.07. The number of thiazole rings is 2. The summed E-state index contributed by atoms with van der Waals surface area (Å²) >= 11 is 2.84. The first-order valence-electron chi connectivity index (χ1n) is 16.2. The summed E-state index contributed by atoms with van der Waals surface area (Å²) in [6.07, 6.45) is 0.464. The van der Waals surface area contributed by atoms with Crippen LogP contribution in [0.3, 0.4) is 0 Å². The fourth-order valence-electron chi connectivity index (χ4n) is 4.59. The third kappa shape index (κ3) is 9.89. The maximum Gasteiger partial charge on any atom is 0.355 e. The number of fused-ring (bicyclic) bond motifs is 1. The number of anilines is 2. The highest BCUT2D eigenvalue weighted by Crippen LogP contribution is 2.38. The monoisotopic (exact) mass is 730 g/mol. The number of nitrogens with zero attached hydrogens (tertiary/aromatic N) is 6. The third-order valence-corrected chi connectivity index (χ3v) is 16.6. The Balaban J connectivity index is 1.66. The van der Waals surface area contributed by atoms with Crippen molar-refractivity contribution in [2.45, 2.75) is 90.8 Å². The normalized spacial score (nSPS) is 13.8. The number of carboxylic acids is 1. The summed E-state index contributed by atoms with van der Waals surface area (Å²) in [6, 6.07) is 11.2. The fourth-order valence-corrected chi connectivity index (χ4v) is 8.57. The van der Waals surface area contributed by atoms with Crippen molar-refractivity contribution in [1.82, 2.24) is 19.7 Å². The molecular formula is C33H50N6O5S2Si2. The Morgan fingerprint density at radius 1 is 1.15 bits per heavy atom. The number of hydrogen-bond donors (Lipinski definition) is 1. The molecule has 3 aromatic heterocycles. The lowest BCUT2D eigenvalue weighted by atomic mass is 10.2. The van der Waals surface area contributed by atoms with Gasteiger partial charge in [0.25, 0.3) is 0 Å². The maximum atomic E-state index is 11.7. The summed E-state index contributed by atoms with van der Waals surface area (Å²) in [5, 5.41) is 20.9. The number of para-hydroxylation sites is 1. The molecule has 0 amide bonds. The molecule has 1 N–H and O–H groups in total. The minimum Gasteiger partial charge on any atom is -0.476 e. The highest BCUT2D eigenvalue weighted by Gasteiger charge is 2.39. The van der Waals surface area contributed by atoms with Crippen LogP contribution in [-0.4, -0.2) is 80.2 Å². The Hall–Kier alpha value is -2.80. The lowest BCUT2D eigenvalue weighted by Gasteiger charge is -2.39. The van der Waals surface area contributed by atoms with Crippen LogP contribution in [0.4, 0.5) is 16.8 Å². The van der Waals surface area contributed by atoms with E-state index in [1.165, 1.54) is 11.3 Å². The number of aromatic carboxylic acids is 1. The van der Waals surface area contributed by atoms with Gasteiger partial charge in [0.15, 0.2) is 35.6 Å². The van der Waals surface area contributed by atoms with Gasteiger partial charge in [-0.15, -0.1) is 21.5 Å². The van der Waals surface area contributed by atoms with Crippen LogP contribution in [0.15, 0.2) is 40.7 Å². The molecule has 48 heavy (non-hydrogen) atoms. The van der Waals surface area contributed by atoms with E-state index in [0.717, 1.165) is 26.6 Å². The van der Waals surface area contributed by atoms with Crippen LogP contribution in [0.25, 0.3) is 10.2 Å². The van der Waals surface area contributed by atoms with Crippen molar-refractivity contribution in [2.24, 2.45) is 4.99 Å². The van der Waals surface area contributed by atoms with Gasteiger partial charge in [-0.2, -0.15) is 4.99 Å². The predicted molar refractivity (Wildman–Crippen MR) is 201 cm³/mol. The SMILES string of the molecule is COCC(CCN(c1cc(C)c(N=c2sc3ccccc3n2COCC[Si](C)(C)C)nn1)c1nc(C(=O)O)cs1)O[Si](C)(C)C(C)(C)C. The van der Waals surface area contributed by atoms with Gasteiger partial charge < -0.3 is 23.9 Å². The largest absolute Gasteiger partial charge is 0.476 e. The topological polar surface area (TPSA) is 124 Å². The Bertz CT molecular complexity index is 1760. The molecule has 11 nitrogen and oxygen atoms in total.